The highest BCUT2D eigenvalue weighted by Gasteiger charge is 2.28. The molecular formula is C16H21ClN4. The van der Waals surface area contributed by atoms with Gasteiger partial charge in [-0.15, -0.1) is 0 Å². The van der Waals surface area contributed by atoms with Crippen LogP contribution in [-0.2, 0) is 0 Å². The fourth-order valence-electron chi connectivity index (χ4n) is 3.23. The molecule has 1 aliphatic rings. The standard InChI is InChI=1S/C16H21ClN4/c1-16(2)8-4-5-12(9-16)20-14-7-3-6-13(17)15(14)21-11-18-10-19-21/h3,6-7,10-12,20H,4-5,8-9H2,1-2H3. The molecule has 1 unspecified atom stereocenters. The highest BCUT2D eigenvalue weighted by atomic mass is 35.5. The normalized spacial score (nSPS) is 21.2. The van der Waals surface area contributed by atoms with E-state index in [2.05, 4.69) is 35.3 Å². The van der Waals surface area contributed by atoms with Crippen molar-refractivity contribution in [2.45, 2.75) is 45.6 Å². The average Bonchev–Trinajstić information content (AvgIpc) is 2.91. The Hall–Kier alpha value is -1.55. The van der Waals surface area contributed by atoms with Crippen LogP contribution in [0, 0.1) is 5.41 Å². The van der Waals surface area contributed by atoms with Gasteiger partial charge in [0.25, 0.3) is 0 Å². The summed E-state index contributed by atoms with van der Waals surface area (Å²) in [6.07, 6.45) is 8.15. The lowest BCUT2D eigenvalue weighted by Crippen LogP contribution is -2.32. The van der Waals surface area contributed by atoms with Crippen LogP contribution in [0.5, 0.6) is 0 Å². The molecule has 1 heterocycles. The van der Waals surface area contributed by atoms with Gasteiger partial charge in [-0.1, -0.05) is 37.9 Å². The highest BCUT2D eigenvalue weighted by molar-refractivity contribution is 6.33. The molecule has 1 aromatic carbocycles. The van der Waals surface area contributed by atoms with E-state index in [1.165, 1.54) is 32.0 Å². The predicted molar refractivity (Wildman–Crippen MR) is 86.0 cm³/mol. The summed E-state index contributed by atoms with van der Waals surface area (Å²) in [5.41, 5.74) is 2.30. The predicted octanol–water partition coefficient (Wildman–Crippen LogP) is 4.30. The summed E-state index contributed by atoms with van der Waals surface area (Å²) < 4.78 is 1.72. The van der Waals surface area contributed by atoms with Gasteiger partial charge in [0.1, 0.15) is 18.3 Å². The third-order valence-corrected chi connectivity index (χ3v) is 4.50. The molecule has 1 saturated carbocycles. The largest absolute Gasteiger partial charge is 0.381 e. The Morgan fingerprint density at radius 1 is 1.38 bits per heavy atom. The lowest BCUT2D eigenvalue weighted by Gasteiger charge is -2.36. The molecular weight excluding hydrogens is 284 g/mol. The molecule has 21 heavy (non-hydrogen) atoms. The molecule has 0 saturated heterocycles. The maximum Gasteiger partial charge on any atom is 0.138 e. The topological polar surface area (TPSA) is 42.7 Å². The van der Waals surface area contributed by atoms with Crippen LogP contribution in [0.4, 0.5) is 5.69 Å². The number of hydrogen-bond acceptors (Lipinski definition) is 3. The fourth-order valence-corrected chi connectivity index (χ4v) is 3.49. The summed E-state index contributed by atoms with van der Waals surface area (Å²) in [5.74, 6) is 0. The maximum absolute atomic E-state index is 6.37. The van der Waals surface area contributed by atoms with Crippen molar-refractivity contribution in [3.63, 3.8) is 0 Å². The minimum absolute atomic E-state index is 0.405. The monoisotopic (exact) mass is 304 g/mol. The van der Waals surface area contributed by atoms with E-state index in [1.807, 2.05) is 12.1 Å². The molecule has 0 amide bonds. The van der Waals surface area contributed by atoms with Gasteiger partial charge in [-0.2, -0.15) is 5.10 Å². The molecule has 1 atom stereocenters. The second kappa shape index (κ2) is 5.68. The van der Waals surface area contributed by atoms with Crippen molar-refractivity contribution < 1.29 is 0 Å². The number of nitrogens with zero attached hydrogens (tertiary/aromatic N) is 3. The number of nitrogens with one attached hydrogen (secondary N) is 1. The van der Waals surface area contributed by atoms with Crippen LogP contribution in [0.2, 0.25) is 5.02 Å². The number of benzene rings is 1. The van der Waals surface area contributed by atoms with Crippen molar-refractivity contribution in [2.24, 2.45) is 5.41 Å². The van der Waals surface area contributed by atoms with Crippen molar-refractivity contribution in [3.05, 3.63) is 35.9 Å². The first kappa shape index (κ1) is 14.4. The van der Waals surface area contributed by atoms with Crippen molar-refractivity contribution in [2.75, 3.05) is 5.32 Å². The molecule has 1 fully saturated rings. The van der Waals surface area contributed by atoms with E-state index in [1.54, 1.807) is 11.0 Å². The van der Waals surface area contributed by atoms with E-state index >= 15 is 0 Å². The van der Waals surface area contributed by atoms with Crippen molar-refractivity contribution >= 4 is 17.3 Å². The van der Waals surface area contributed by atoms with E-state index in [4.69, 9.17) is 11.6 Å². The summed E-state index contributed by atoms with van der Waals surface area (Å²) in [5, 5.41) is 8.55. The molecule has 0 radical (unpaired) electrons. The zero-order valence-electron chi connectivity index (χ0n) is 12.5. The summed E-state index contributed by atoms with van der Waals surface area (Å²) in [6, 6.07) is 6.40. The number of para-hydroxylation sites is 1. The number of hydrogen-bond donors (Lipinski definition) is 1. The summed E-state index contributed by atoms with van der Waals surface area (Å²) in [7, 11) is 0. The van der Waals surface area contributed by atoms with Gasteiger partial charge < -0.3 is 5.32 Å². The van der Waals surface area contributed by atoms with E-state index in [0.717, 1.165) is 11.4 Å². The molecule has 5 heteroatoms. The van der Waals surface area contributed by atoms with Gasteiger partial charge in [-0.3, -0.25) is 0 Å². The highest BCUT2D eigenvalue weighted by Crippen LogP contribution is 2.37. The first-order valence-corrected chi connectivity index (χ1v) is 7.83. The van der Waals surface area contributed by atoms with E-state index in [0.29, 0.717) is 16.5 Å². The van der Waals surface area contributed by atoms with Gasteiger partial charge in [0.2, 0.25) is 0 Å². The van der Waals surface area contributed by atoms with Crippen LogP contribution in [0.15, 0.2) is 30.9 Å². The Balaban J connectivity index is 1.87. The lowest BCUT2D eigenvalue weighted by molar-refractivity contribution is 0.229. The molecule has 1 aromatic heterocycles. The molecule has 0 aliphatic heterocycles. The van der Waals surface area contributed by atoms with Gasteiger partial charge in [-0.05, 0) is 36.8 Å². The van der Waals surface area contributed by atoms with Crippen LogP contribution >= 0.6 is 11.6 Å². The lowest BCUT2D eigenvalue weighted by atomic mass is 9.75. The van der Waals surface area contributed by atoms with Crippen LogP contribution in [-0.4, -0.2) is 20.8 Å². The molecule has 0 bridgehead atoms. The van der Waals surface area contributed by atoms with Crippen LogP contribution < -0.4 is 5.32 Å². The number of rotatable bonds is 3. The van der Waals surface area contributed by atoms with Crippen molar-refractivity contribution in [1.82, 2.24) is 14.8 Å². The fraction of sp³-hybridized carbons (Fsp3) is 0.500. The second-order valence-electron chi connectivity index (χ2n) is 6.58. The Morgan fingerprint density at radius 2 is 2.24 bits per heavy atom. The summed E-state index contributed by atoms with van der Waals surface area (Å²) in [4.78, 5) is 4.02. The quantitative estimate of drug-likeness (QED) is 0.919. The van der Waals surface area contributed by atoms with Crippen molar-refractivity contribution in [3.8, 4) is 5.69 Å². The summed E-state index contributed by atoms with van der Waals surface area (Å²) in [6.45, 7) is 4.69. The minimum atomic E-state index is 0.405. The molecule has 0 spiro atoms. The molecule has 4 nitrogen and oxygen atoms in total. The smallest absolute Gasteiger partial charge is 0.138 e. The van der Waals surface area contributed by atoms with E-state index in [9.17, 15) is 0 Å². The van der Waals surface area contributed by atoms with Crippen LogP contribution in [0.3, 0.4) is 0 Å². The molecule has 1 N–H and O–H groups in total. The first-order chi connectivity index (χ1) is 10.1. The zero-order valence-corrected chi connectivity index (χ0v) is 13.3. The van der Waals surface area contributed by atoms with Crippen LogP contribution in [0.25, 0.3) is 5.69 Å². The van der Waals surface area contributed by atoms with Gasteiger partial charge in [0.15, 0.2) is 0 Å². The molecule has 112 valence electrons. The Bertz CT molecular complexity index is 607. The summed E-state index contributed by atoms with van der Waals surface area (Å²) >= 11 is 6.37. The number of halogens is 1. The zero-order chi connectivity index (χ0) is 14.9. The van der Waals surface area contributed by atoms with Gasteiger partial charge >= 0.3 is 0 Å². The van der Waals surface area contributed by atoms with Gasteiger partial charge in [0, 0.05) is 6.04 Å². The third-order valence-electron chi connectivity index (χ3n) is 4.20. The van der Waals surface area contributed by atoms with Gasteiger partial charge in [-0.25, -0.2) is 9.67 Å². The molecule has 1 aliphatic carbocycles. The SMILES string of the molecule is CC1(C)CCCC(Nc2cccc(Cl)c2-n2cncn2)C1. The first-order valence-electron chi connectivity index (χ1n) is 7.45. The third kappa shape index (κ3) is 3.21. The van der Waals surface area contributed by atoms with E-state index in [-0.39, 0.29) is 0 Å². The Kier molecular flexibility index (Phi) is 3.89. The maximum atomic E-state index is 6.37. The van der Waals surface area contributed by atoms with Gasteiger partial charge in [0.05, 0.1) is 10.7 Å². The Labute approximate surface area is 130 Å². The second-order valence-corrected chi connectivity index (χ2v) is 6.99. The van der Waals surface area contributed by atoms with E-state index < -0.39 is 0 Å². The number of aromatic nitrogens is 3. The Morgan fingerprint density at radius 3 is 2.95 bits per heavy atom. The number of anilines is 1. The molecule has 3 rings (SSSR count). The van der Waals surface area contributed by atoms with Crippen molar-refractivity contribution in [1.29, 1.82) is 0 Å². The molecule has 2 aromatic rings. The average molecular weight is 305 g/mol. The van der Waals surface area contributed by atoms with Crippen LogP contribution in [0.1, 0.15) is 39.5 Å². The minimum Gasteiger partial charge on any atom is -0.381 e.